The molecule has 0 fully saturated rings. The molecule has 0 radical (unpaired) electrons. The number of amides is 3. The van der Waals surface area contributed by atoms with Crippen molar-refractivity contribution >= 4 is 17.9 Å². The third-order valence-electron chi connectivity index (χ3n) is 4.70. The highest BCUT2D eigenvalue weighted by Crippen LogP contribution is 2.26. The van der Waals surface area contributed by atoms with Gasteiger partial charge in [-0.2, -0.15) is 5.26 Å². The van der Waals surface area contributed by atoms with Gasteiger partial charge in [0.25, 0.3) is 0 Å². The van der Waals surface area contributed by atoms with E-state index in [1.54, 1.807) is 46.8 Å². The molecule has 0 aromatic heterocycles. The minimum Gasteiger partial charge on any atom is -0.508 e. The van der Waals surface area contributed by atoms with Gasteiger partial charge in [-0.05, 0) is 50.8 Å². The summed E-state index contributed by atoms with van der Waals surface area (Å²) in [6, 6.07) is 5.74. The van der Waals surface area contributed by atoms with Gasteiger partial charge in [0.15, 0.2) is 0 Å². The first-order chi connectivity index (χ1) is 15.4. The fourth-order valence-electron chi connectivity index (χ4n) is 3.15. The molecule has 0 spiro atoms. The van der Waals surface area contributed by atoms with Crippen LogP contribution in [0.3, 0.4) is 0 Å². The summed E-state index contributed by atoms with van der Waals surface area (Å²) < 4.78 is 5.28. The number of nitriles is 1. The van der Waals surface area contributed by atoms with Crippen molar-refractivity contribution in [2.75, 3.05) is 13.1 Å². The molecule has 3 N–H and O–H groups in total. The molecule has 182 valence electrons. The number of ether oxygens (including phenoxy) is 1. The van der Waals surface area contributed by atoms with E-state index >= 15 is 0 Å². The van der Waals surface area contributed by atoms with Crippen LogP contribution in [0.4, 0.5) is 4.79 Å². The Morgan fingerprint density at radius 3 is 2.42 bits per heavy atom. The van der Waals surface area contributed by atoms with Gasteiger partial charge in [-0.25, -0.2) is 4.79 Å². The van der Waals surface area contributed by atoms with Gasteiger partial charge >= 0.3 is 6.09 Å². The highest BCUT2D eigenvalue weighted by Gasteiger charge is 2.37. The van der Waals surface area contributed by atoms with E-state index in [2.05, 4.69) is 10.6 Å². The molecule has 1 aromatic carbocycles. The number of phenols is 1. The van der Waals surface area contributed by atoms with Crippen molar-refractivity contribution in [3.63, 3.8) is 0 Å². The Morgan fingerprint density at radius 2 is 1.91 bits per heavy atom. The number of benzene rings is 1. The van der Waals surface area contributed by atoms with Crippen LogP contribution in [0, 0.1) is 17.2 Å². The molecule has 2 atom stereocenters. The second-order valence-electron chi connectivity index (χ2n) is 9.13. The zero-order valence-corrected chi connectivity index (χ0v) is 20.3. The van der Waals surface area contributed by atoms with Gasteiger partial charge in [0.2, 0.25) is 11.8 Å². The van der Waals surface area contributed by atoms with E-state index in [1.165, 1.54) is 12.1 Å². The first-order valence-corrected chi connectivity index (χ1v) is 11.1. The second kappa shape index (κ2) is 12.7. The van der Waals surface area contributed by atoms with Crippen LogP contribution < -0.4 is 10.6 Å². The number of unbranched alkanes of at least 4 members (excludes halogenated alkanes) is 1. The monoisotopic (exact) mass is 460 g/mol. The third-order valence-corrected chi connectivity index (χ3v) is 4.70. The smallest absolute Gasteiger partial charge is 0.408 e. The molecule has 33 heavy (non-hydrogen) atoms. The summed E-state index contributed by atoms with van der Waals surface area (Å²) in [6.07, 6.45) is 0.847. The Morgan fingerprint density at radius 1 is 1.24 bits per heavy atom. The van der Waals surface area contributed by atoms with Crippen molar-refractivity contribution < 1.29 is 24.2 Å². The van der Waals surface area contributed by atoms with Gasteiger partial charge in [-0.3, -0.25) is 9.59 Å². The Balaban J connectivity index is 3.36. The maximum Gasteiger partial charge on any atom is 0.408 e. The van der Waals surface area contributed by atoms with Gasteiger partial charge in [-0.1, -0.05) is 39.3 Å². The molecule has 0 aliphatic heterocycles. The van der Waals surface area contributed by atoms with Crippen LogP contribution in [0.25, 0.3) is 0 Å². The summed E-state index contributed by atoms with van der Waals surface area (Å²) in [6.45, 7) is 10.6. The average Bonchev–Trinajstić information content (AvgIpc) is 2.70. The third kappa shape index (κ3) is 9.00. The van der Waals surface area contributed by atoms with Crippen LogP contribution >= 0.6 is 0 Å². The van der Waals surface area contributed by atoms with Crippen molar-refractivity contribution in [2.24, 2.45) is 5.92 Å². The molecule has 0 aliphatic rings. The average molecular weight is 461 g/mol. The van der Waals surface area contributed by atoms with E-state index in [0.717, 1.165) is 17.7 Å². The van der Waals surface area contributed by atoms with Crippen LogP contribution in [-0.2, 0) is 14.3 Å². The lowest BCUT2D eigenvalue weighted by molar-refractivity contribution is -0.142. The van der Waals surface area contributed by atoms with Crippen LogP contribution in [0.15, 0.2) is 24.3 Å². The second-order valence-corrected chi connectivity index (χ2v) is 9.13. The van der Waals surface area contributed by atoms with Crippen molar-refractivity contribution in [1.29, 1.82) is 5.26 Å². The molecule has 1 aromatic rings. The summed E-state index contributed by atoms with van der Waals surface area (Å²) >= 11 is 0. The first kappa shape index (κ1) is 27.8. The van der Waals surface area contributed by atoms with Gasteiger partial charge in [0.05, 0.1) is 6.07 Å². The zero-order chi connectivity index (χ0) is 25.2. The summed E-state index contributed by atoms with van der Waals surface area (Å²) in [7, 11) is 0. The maximum absolute atomic E-state index is 13.6. The number of alkyl carbamates (subject to hydrolysis) is 1. The molecule has 0 heterocycles. The number of hydrogen-bond donors (Lipinski definition) is 3. The van der Waals surface area contributed by atoms with Crippen molar-refractivity contribution in [1.82, 2.24) is 15.5 Å². The lowest BCUT2D eigenvalue weighted by Gasteiger charge is -2.34. The number of nitrogens with zero attached hydrogens (tertiary/aromatic N) is 2. The van der Waals surface area contributed by atoms with Crippen molar-refractivity contribution in [3.05, 3.63) is 29.8 Å². The number of rotatable bonds is 10. The molecule has 1 rings (SSSR count). The van der Waals surface area contributed by atoms with E-state index in [1.807, 2.05) is 13.0 Å². The normalized spacial score (nSPS) is 12.9. The lowest BCUT2D eigenvalue weighted by Crippen LogP contribution is -2.55. The maximum atomic E-state index is 13.6. The fourth-order valence-corrected chi connectivity index (χ4v) is 3.15. The first-order valence-electron chi connectivity index (χ1n) is 11.1. The minimum absolute atomic E-state index is 0.0736. The lowest BCUT2D eigenvalue weighted by atomic mass is 9.98. The minimum atomic E-state index is -1.16. The molecule has 0 aliphatic carbocycles. The fraction of sp³-hybridized carbons (Fsp3) is 0.583. The molecule has 9 heteroatoms. The predicted molar refractivity (Wildman–Crippen MR) is 124 cm³/mol. The number of carbonyl (C=O) groups excluding carboxylic acids is 3. The molecular formula is C24H36N4O5. The molecule has 0 saturated carbocycles. The zero-order valence-electron chi connectivity index (χ0n) is 20.3. The summed E-state index contributed by atoms with van der Waals surface area (Å²) in [4.78, 5) is 40.2. The largest absolute Gasteiger partial charge is 0.508 e. The Hall–Kier alpha value is -3.28. The number of phenolic OH excluding ortho intramolecular Hbond substituents is 1. The summed E-state index contributed by atoms with van der Waals surface area (Å²) in [5, 5.41) is 24.8. The summed E-state index contributed by atoms with van der Waals surface area (Å²) in [5.41, 5.74) is -0.406. The molecule has 0 saturated heterocycles. The van der Waals surface area contributed by atoms with Crippen LogP contribution in [0.5, 0.6) is 5.75 Å². The molecule has 2 unspecified atom stereocenters. The number of aromatic hydroxyl groups is 1. The van der Waals surface area contributed by atoms with Gasteiger partial charge in [-0.15, -0.1) is 0 Å². The standard InChI is InChI=1S/C24H36N4O5/c1-7-8-13-26-21(30)20(17-10-9-11-18(29)15-17)28(14-12-25)22(31)19(16(2)3)27-23(32)33-24(4,5)6/h9-11,15-16,19-20,29H,7-8,13-14H2,1-6H3,(H,26,30)(H,27,32). The van der Waals surface area contributed by atoms with Crippen LogP contribution in [-0.4, -0.2) is 52.6 Å². The van der Waals surface area contributed by atoms with Gasteiger partial charge in [0.1, 0.15) is 30.0 Å². The van der Waals surface area contributed by atoms with E-state index in [-0.39, 0.29) is 18.2 Å². The van der Waals surface area contributed by atoms with Crippen LogP contribution in [0.2, 0.25) is 0 Å². The summed E-state index contributed by atoms with van der Waals surface area (Å²) in [5.74, 6) is -1.50. The van der Waals surface area contributed by atoms with E-state index in [4.69, 9.17) is 4.74 Å². The van der Waals surface area contributed by atoms with Crippen molar-refractivity contribution in [3.8, 4) is 11.8 Å². The quantitative estimate of drug-likeness (QED) is 0.363. The van der Waals surface area contributed by atoms with E-state index in [0.29, 0.717) is 12.1 Å². The topological polar surface area (TPSA) is 132 Å². The highest BCUT2D eigenvalue weighted by atomic mass is 16.6. The molecule has 9 nitrogen and oxygen atoms in total. The number of hydrogen-bond acceptors (Lipinski definition) is 6. The highest BCUT2D eigenvalue weighted by molar-refractivity contribution is 5.92. The Labute approximate surface area is 196 Å². The SMILES string of the molecule is CCCCNC(=O)C(c1cccc(O)c1)N(CC#N)C(=O)C(NC(=O)OC(C)(C)C)C(C)C. The number of carbonyl (C=O) groups is 3. The van der Waals surface area contributed by atoms with E-state index in [9.17, 15) is 24.8 Å². The van der Waals surface area contributed by atoms with Gasteiger partial charge < -0.3 is 25.4 Å². The van der Waals surface area contributed by atoms with E-state index < -0.39 is 35.6 Å². The predicted octanol–water partition coefficient (Wildman–Crippen LogP) is 3.25. The number of nitrogens with one attached hydrogen (secondary N) is 2. The Kier molecular flexibility index (Phi) is 10.7. The molecule has 0 bridgehead atoms. The van der Waals surface area contributed by atoms with Gasteiger partial charge in [0, 0.05) is 6.54 Å². The molecule has 3 amide bonds. The van der Waals surface area contributed by atoms with Crippen molar-refractivity contribution in [2.45, 2.75) is 72.1 Å². The van der Waals surface area contributed by atoms with Crippen LogP contribution in [0.1, 0.15) is 66.0 Å². The molecular weight excluding hydrogens is 424 g/mol. The Bertz CT molecular complexity index is 857.